The van der Waals surface area contributed by atoms with Crippen LogP contribution in [-0.2, 0) is 0 Å². The fraction of sp³-hybridized carbons (Fsp3) is 0.500. The summed E-state index contributed by atoms with van der Waals surface area (Å²) < 4.78 is 0. The zero-order valence-corrected chi connectivity index (χ0v) is 13.7. The van der Waals surface area contributed by atoms with E-state index < -0.39 is 0 Å². The highest BCUT2D eigenvalue weighted by Gasteiger charge is 2.14. The number of nitrogens with one attached hydrogen (secondary N) is 2. The van der Waals surface area contributed by atoms with E-state index in [4.69, 9.17) is 0 Å². The van der Waals surface area contributed by atoms with E-state index in [9.17, 15) is 9.59 Å². The van der Waals surface area contributed by atoms with Crippen molar-refractivity contribution >= 4 is 17.6 Å². The molecule has 1 aromatic carbocycles. The van der Waals surface area contributed by atoms with Crippen LogP contribution in [0.15, 0.2) is 18.2 Å². The minimum Gasteiger partial charge on any atom is -0.345 e. The quantitative estimate of drug-likeness (QED) is 0.896. The van der Waals surface area contributed by atoms with Crippen LogP contribution >= 0.6 is 0 Å². The zero-order chi connectivity index (χ0) is 16.2. The third-order valence-electron chi connectivity index (χ3n) is 3.50. The van der Waals surface area contributed by atoms with Gasteiger partial charge in [0.2, 0.25) is 0 Å². The molecular formula is C16H25N3O2. The maximum Gasteiger partial charge on any atom is 0.319 e. The minimum absolute atomic E-state index is 0.0805. The van der Waals surface area contributed by atoms with Gasteiger partial charge in [0.25, 0.3) is 5.91 Å². The Morgan fingerprint density at radius 1 is 1.14 bits per heavy atom. The monoisotopic (exact) mass is 291 g/mol. The molecule has 0 spiro atoms. The highest BCUT2D eigenvalue weighted by molar-refractivity contribution is 5.97. The summed E-state index contributed by atoms with van der Waals surface area (Å²) in [5, 5.41) is 5.69. The molecular weight excluding hydrogens is 266 g/mol. The van der Waals surface area contributed by atoms with E-state index in [1.807, 2.05) is 33.8 Å². The van der Waals surface area contributed by atoms with Crippen molar-refractivity contribution in [1.82, 2.24) is 10.2 Å². The molecule has 0 heterocycles. The number of hydrogen-bond donors (Lipinski definition) is 2. The largest absolute Gasteiger partial charge is 0.345 e. The first-order valence-electron chi connectivity index (χ1n) is 7.12. The van der Waals surface area contributed by atoms with Crippen LogP contribution < -0.4 is 10.6 Å². The molecule has 0 fully saturated rings. The summed E-state index contributed by atoms with van der Waals surface area (Å²) in [6, 6.07) is 5.12. The Hall–Kier alpha value is -2.04. The van der Waals surface area contributed by atoms with Crippen LogP contribution in [0.5, 0.6) is 0 Å². The topological polar surface area (TPSA) is 61.4 Å². The Labute approximate surface area is 126 Å². The summed E-state index contributed by atoms with van der Waals surface area (Å²) >= 11 is 0. The van der Waals surface area contributed by atoms with Crippen LogP contribution in [0.4, 0.5) is 10.5 Å². The lowest BCUT2D eigenvalue weighted by molar-refractivity contribution is 0.0827. The molecule has 5 nitrogen and oxygen atoms in total. The van der Waals surface area contributed by atoms with Crippen molar-refractivity contribution < 1.29 is 9.59 Å². The van der Waals surface area contributed by atoms with Gasteiger partial charge in [0.1, 0.15) is 0 Å². The van der Waals surface area contributed by atoms with Gasteiger partial charge in [-0.25, -0.2) is 4.79 Å². The number of carbonyl (C=O) groups excluding carboxylic acids is 2. The van der Waals surface area contributed by atoms with Gasteiger partial charge in [-0.1, -0.05) is 19.9 Å². The fourth-order valence-corrected chi connectivity index (χ4v) is 1.68. The smallest absolute Gasteiger partial charge is 0.319 e. The van der Waals surface area contributed by atoms with E-state index >= 15 is 0 Å². The highest BCUT2D eigenvalue weighted by atomic mass is 16.2. The summed E-state index contributed by atoms with van der Waals surface area (Å²) in [6.07, 6.45) is 0. The number of rotatable bonds is 4. The van der Waals surface area contributed by atoms with Gasteiger partial charge >= 0.3 is 6.03 Å². The molecule has 0 aromatic heterocycles. The van der Waals surface area contributed by atoms with Gasteiger partial charge in [0, 0.05) is 31.4 Å². The van der Waals surface area contributed by atoms with Crippen LogP contribution in [0.2, 0.25) is 0 Å². The number of hydrogen-bond acceptors (Lipinski definition) is 2. The number of benzene rings is 1. The Morgan fingerprint density at radius 2 is 1.76 bits per heavy atom. The van der Waals surface area contributed by atoms with E-state index in [2.05, 4.69) is 10.6 Å². The second-order valence-corrected chi connectivity index (χ2v) is 5.86. The summed E-state index contributed by atoms with van der Waals surface area (Å²) in [5.41, 5.74) is 2.12. The first-order valence-corrected chi connectivity index (χ1v) is 7.12. The first kappa shape index (κ1) is 17.0. The van der Waals surface area contributed by atoms with E-state index in [-0.39, 0.29) is 18.0 Å². The van der Waals surface area contributed by atoms with Gasteiger partial charge in [0.15, 0.2) is 0 Å². The molecule has 0 aliphatic rings. The molecule has 1 rings (SSSR count). The number of carbonyl (C=O) groups is 2. The van der Waals surface area contributed by atoms with Crippen molar-refractivity contribution in [2.24, 2.45) is 5.92 Å². The molecule has 5 heteroatoms. The minimum atomic E-state index is -0.256. The zero-order valence-electron chi connectivity index (χ0n) is 13.7. The van der Waals surface area contributed by atoms with Gasteiger partial charge in [-0.3, -0.25) is 4.79 Å². The second-order valence-electron chi connectivity index (χ2n) is 5.86. The average molecular weight is 291 g/mol. The molecule has 3 amide bonds. The molecule has 0 radical (unpaired) electrons. The van der Waals surface area contributed by atoms with Crippen molar-refractivity contribution in [2.45, 2.75) is 33.7 Å². The molecule has 0 aliphatic heterocycles. The summed E-state index contributed by atoms with van der Waals surface area (Å²) in [7, 11) is 3.40. The van der Waals surface area contributed by atoms with Crippen LogP contribution in [0.25, 0.3) is 0 Å². The fourth-order valence-electron chi connectivity index (χ4n) is 1.68. The van der Waals surface area contributed by atoms with Crippen molar-refractivity contribution in [3.63, 3.8) is 0 Å². The number of urea groups is 1. The van der Waals surface area contributed by atoms with Gasteiger partial charge in [0.05, 0.1) is 0 Å². The Kier molecular flexibility index (Phi) is 5.76. The van der Waals surface area contributed by atoms with Crippen molar-refractivity contribution in [2.75, 3.05) is 19.4 Å². The Morgan fingerprint density at radius 3 is 2.29 bits per heavy atom. The standard InChI is InChI=1S/C16H25N3O2/c1-10(2)12(4)17-16(21)18-14-9-13(8-7-11(14)3)15(20)19(5)6/h7-10,12H,1-6H3,(H2,17,18,21). The normalized spacial score (nSPS) is 12.0. The molecule has 1 atom stereocenters. The number of amides is 3. The first-order chi connectivity index (χ1) is 9.72. The summed E-state index contributed by atoms with van der Waals surface area (Å²) in [6.45, 7) is 7.95. The van der Waals surface area contributed by atoms with Gasteiger partial charge in [-0.15, -0.1) is 0 Å². The molecule has 0 saturated heterocycles. The average Bonchev–Trinajstić information content (AvgIpc) is 2.40. The lowest BCUT2D eigenvalue weighted by Gasteiger charge is -2.19. The van der Waals surface area contributed by atoms with Crippen molar-refractivity contribution in [1.29, 1.82) is 0 Å². The third kappa shape index (κ3) is 4.77. The Bertz CT molecular complexity index is 524. The molecule has 0 saturated carbocycles. The molecule has 1 aromatic rings. The predicted octanol–water partition coefficient (Wildman–Crippen LogP) is 2.86. The molecule has 2 N–H and O–H groups in total. The van der Waals surface area contributed by atoms with Crippen molar-refractivity contribution in [3.05, 3.63) is 29.3 Å². The molecule has 0 bridgehead atoms. The van der Waals surface area contributed by atoms with E-state index in [1.54, 1.807) is 26.2 Å². The van der Waals surface area contributed by atoms with E-state index in [1.165, 1.54) is 4.90 Å². The third-order valence-corrected chi connectivity index (χ3v) is 3.50. The molecule has 21 heavy (non-hydrogen) atoms. The number of nitrogens with zero attached hydrogens (tertiary/aromatic N) is 1. The van der Waals surface area contributed by atoms with Crippen LogP contribution in [0, 0.1) is 12.8 Å². The SMILES string of the molecule is Cc1ccc(C(=O)N(C)C)cc1NC(=O)NC(C)C(C)C. The predicted molar refractivity (Wildman–Crippen MR) is 85.7 cm³/mol. The van der Waals surface area contributed by atoms with E-state index in [0.717, 1.165) is 5.56 Å². The van der Waals surface area contributed by atoms with Crippen LogP contribution in [-0.4, -0.2) is 37.0 Å². The van der Waals surface area contributed by atoms with Gasteiger partial charge in [-0.2, -0.15) is 0 Å². The summed E-state index contributed by atoms with van der Waals surface area (Å²) in [5.74, 6) is 0.271. The lowest BCUT2D eigenvalue weighted by Crippen LogP contribution is -2.39. The van der Waals surface area contributed by atoms with Crippen LogP contribution in [0.3, 0.4) is 0 Å². The number of aryl methyl sites for hydroxylation is 1. The molecule has 1 unspecified atom stereocenters. The molecule has 116 valence electrons. The Balaban J connectivity index is 2.85. The van der Waals surface area contributed by atoms with Crippen molar-refractivity contribution in [3.8, 4) is 0 Å². The summed E-state index contributed by atoms with van der Waals surface area (Å²) in [4.78, 5) is 25.4. The van der Waals surface area contributed by atoms with Gasteiger partial charge in [-0.05, 0) is 37.5 Å². The lowest BCUT2D eigenvalue weighted by atomic mass is 10.1. The number of anilines is 1. The van der Waals surface area contributed by atoms with E-state index in [0.29, 0.717) is 17.2 Å². The highest BCUT2D eigenvalue weighted by Crippen LogP contribution is 2.18. The maximum absolute atomic E-state index is 12.0. The van der Waals surface area contributed by atoms with Gasteiger partial charge < -0.3 is 15.5 Å². The maximum atomic E-state index is 12.0. The molecule has 0 aliphatic carbocycles. The second kappa shape index (κ2) is 7.11. The van der Waals surface area contributed by atoms with Crippen LogP contribution in [0.1, 0.15) is 36.7 Å².